The van der Waals surface area contributed by atoms with Crippen molar-refractivity contribution >= 4 is 61.0 Å². The summed E-state index contributed by atoms with van der Waals surface area (Å²) in [5.41, 5.74) is 12.5. The van der Waals surface area contributed by atoms with Crippen molar-refractivity contribution in [1.82, 2.24) is 0 Å². The number of nitrogens with zero attached hydrogens (tertiary/aromatic N) is 3. The number of aliphatic imine (C=N–C) groups is 2. The molecule has 3 aromatic carbocycles. The molecule has 0 saturated carbocycles. The number of benzene rings is 3. The highest BCUT2D eigenvalue weighted by molar-refractivity contribution is 7.87. The van der Waals surface area contributed by atoms with E-state index in [9.17, 15) is 16.8 Å². The maximum Gasteiger partial charge on any atom is 0.339 e. The lowest BCUT2D eigenvalue weighted by Crippen LogP contribution is -2.54. The predicted molar refractivity (Wildman–Crippen MR) is 163 cm³/mol. The average Bonchev–Trinajstić information content (AvgIpc) is 2.88. The molecule has 5 N–H and O–H groups in total. The van der Waals surface area contributed by atoms with Gasteiger partial charge in [-0.15, -0.1) is 0 Å². The second-order valence-electron chi connectivity index (χ2n) is 9.18. The van der Waals surface area contributed by atoms with Crippen molar-refractivity contribution in [2.75, 3.05) is 10.7 Å². The fourth-order valence-electron chi connectivity index (χ4n) is 3.58. The number of halogens is 2. The molecule has 0 bridgehead atoms. The number of guanidine groups is 2. The SMILES string of the molecule is CC1(C)N=C(N)N=C(N)N1c1ccc(OCc2ccc(S(=O)(=O)Oc3ccc(Cl)cc3)cc2)c(Cl)c1.CCS(=O)(=O)O. The minimum absolute atomic E-state index is 0.00952. The van der Waals surface area contributed by atoms with Gasteiger partial charge < -0.3 is 20.4 Å². The van der Waals surface area contributed by atoms with Gasteiger partial charge in [-0.2, -0.15) is 21.8 Å². The fourth-order valence-corrected chi connectivity index (χ4v) is 4.86. The summed E-state index contributed by atoms with van der Waals surface area (Å²) in [5, 5.41) is 0.834. The van der Waals surface area contributed by atoms with Crippen molar-refractivity contribution < 1.29 is 30.3 Å². The van der Waals surface area contributed by atoms with E-state index in [0.29, 0.717) is 21.5 Å². The van der Waals surface area contributed by atoms with E-state index in [-0.39, 0.29) is 34.9 Å². The Morgan fingerprint density at radius 1 is 0.952 bits per heavy atom. The van der Waals surface area contributed by atoms with E-state index in [1.54, 1.807) is 47.4 Å². The quantitative estimate of drug-likeness (QED) is 0.231. The molecular formula is C26H29Cl2N5O7S2. The molecule has 0 radical (unpaired) electrons. The van der Waals surface area contributed by atoms with Gasteiger partial charge in [-0.1, -0.05) is 35.3 Å². The highest BCUT2D eigenvalue weighted by atomic mass is 35.5. The maximum atomic E-state index is 12.5. The van der Waals surface area contributed by atoms with E-state index < -0.39 is 25.9 Å². The van der Waals surface area contributed by atoms with Crippen molar-refractivity contribution in [2.45, 2.75) is 37.9 Å². The molecule has 3 aromatic rings. The second kappa shape index (κ2) is 13.2. The smallest absolute Gasteiger partial charge is 0.339 e. The zero-order valence-electron chi connectivity index (χ0n) is 22.7. The van der Waals surface area contributed by atoms with Crippen LogP contribution in [-0.4, -0.2) is 44.7 Å². The Morgan fingerprint density at radius 2 is 1.55 bits per heavy atom. The Bertz CT molecular complexity index is 1700. The molecule has 0 fully saturated rings. The van der Waals surface area contributed by atoms with Crippen molar-refractivity contribution in [2.24, 2.45) is 21.5 Å². The molecule has 0 unspecified atom stereocenters. The first-order valence-corrected chi connectivity index (χ1v) is 15.9. The van der Waals surface area contributed by atoms with Gasteiger partial charge in [0.05, 0.1) is 10.8 Å². The number of nitrogens with two attached hydrogens (primary N) is 2. The Kier molecular flexibility index (Phi) is 10.3. The van der Waals surface area contributed by atoms with Crippen LogP contribution in [-0.2, 0) is 26.8 Å². The third kappa shape index (κ3) is 8.97. The molecule has 0 aliphatic carbocycles. The molecule has 1 heterocycles. The van der Waals surface area contributed by atoms with E-state index in [0.717, 1.165) is 5.56 Å². The number of ether oxygens (including phenoxy) is 1. The van der Waals surface area contributed by atoms with Gasteiger partial charge >= 0.3 is 10.1 Å². The van der Waals surface area contributed by atoms with E-state index in [1.165, 1.54) is 31.2 Å². The van der Waals surface area contributed by atoms with Gasteiger partial charge in [0, 0.05) is 10.7 Å². The Labute approximate surface area is 254 Å². The summed E-state index contributed by atoms with van der Waals surface area (Å²) in [6, 6.07) is 17.4. The summed E-state index contributed by atoms with van der Waals surface area (Å²) >= 11 is 12.3. The summed E-state index contributed by atoms with van der Waals surface area (Å²) in [6.45, 7) is 5.24. The van der Waals surface area contributed by atoms with Crippen LogP contribution in [0.5, 0.6) is 11.5 Å². The highest BCUT2D eigenvalue weighted by Gasteiger charge is 2.33. The van der Waals surface area contributed by atoms with Gasteiger partial charge in [0.15, 0.2) is 0 Å². The number of hydrogen-bond acceptors (Lipinski definition) is 11. The lowest BCUT2D eigenvalue weighted by atomic mass is 10.1. The van der Waals surface area contributed by atoms with E-state index >= 15 is 0 Å². The van der Waals surface area contributed by atoms with Gasteiger partial charge in [0.25, 0.3) is 10.1 Å². The molecule has 0 amide bonds. The molecule has 0 saturated heterocycles. The first kappa shape index (κ1) is 32.9. The van der Waals surface area contributed by atoms with Crippen LogP contribution in [0.15, 0.2) is 81.6 Å². The molecule has 1 aliphatic rings. The van der Waals surface area contributed by atoms with Crippen molar-refractivity contribution in [1.29, 1.82) is 0 Å². The molecule has 4 rings (SSSR count). The van der Waals surface area contributed by atoms with Gasteiger partial charge in [0.1, 0.15) is 28.7 Å². The minimum Gasteiger partial charge on any atom is -0.487 e. The molecule has 0 atom stereocenters. The lowest BCUT2D eigenvalue weighted by Gasteiger charge is -2.38. The molecule has 226 valence electrons. The number of anilines is 1. The molecule has 42 heavy (non-hydrogen) atoms. The zero-order valence-corrected chi connectivity index (χ0v) is 25.9. The van der Waals surface area contributed by atoms with Crippen LogP contribution in [0.25, 0.3) is 0 Å². The van der Waals surface area contributed by atoms with Crippen molar-refractivity contribution in [3.8, 4) is 11.5 Å². The standard InChI is InChI=1S/C24H23Cl2N5O4S.C2H6O3S/c1-24(2)30-22(27)29-23(28)31(24)17-7-12-21(20(26)13-17)34-14-15-3-10-19(11-4-15)36(32,33)35-18-8-5-16(25)6-9-18;1-2-6(3,4)5/h3-13H,14H2,1-2H3,(H4,27,28,29,30);2H2,1H3,(H,3,4,5). The van der Waals surface area contributed by atoms with E-state index in [4.69, 9.17) is 48.1 Å². The van der Waals surface area contributed by atoms with E-state index in [2.05, 4.69) is 9.98 Å². The van der Waals surface area contributed by atoms with Gasteiger partial charge in [-0.25, -0.2) is 4.99 Å². The lowest BCUT2D eigenvalue weighted by molar-refractivity contribution is 0.306. The summed E-state index contributed by atoms with van der Waals surface area (Å²) in [4.78, 5) is 10.1. The van der Waals surface area contributed by atoms with Gasteiger partial charge in [-0.3, -0.25) is 9.45 Å². The number of rotatable bonds is 8. The first-order chi connectivity index (χ1) is 19.5. The zero-order chi connectivity index (χ0) is 31.3. The van der Waals surface area contributed by atoms with Crippen LogP contribution >= 0.6 is 23.2 Å². The molecule has 1 aliphatic heterocycles. The van der Waals surface area contributed by atoms with Crippen LogP contribution in [0, 0.1) is 0 Å². The Balaban J connectivity index is 0.000000730. The summed E-state index contributed by atoms with van der Waals surface area (Å²) in [5.74, 6) is 0.715. The normalized spacial score (nSPS) is 14.7. The highest BCUT2D eigenvalue weighted by Crippen LogP contribution is 2.34. The Hall–Kier alpha value is -3.56. The fraction of sp³-hybridized carbons (Fsp3) is 0.231. The summed E-state index contributed by atoms with van der Waals surface area (Å²) in [6.07, 6.45) is 0. The topological polar surface area (TPSA) is 187 Å². The minimum atomic E-state index is -4.00. The second-order valence-corrected chi connectivity index (χ2v) is 13.3. The third-order valence-electron chi connectivity index (χ3n) is 5.56. The van der Waals surface area contributed by atoms with Crippen LogP contribution in [0.4, 0.5) is 5.69 Å². The average molecular weight is 659 g/mol. The Morgan fingerprint density at radius 3 is 2.07 bits per heavy atom. The first-order valence-electron chi connectivity index (χ1n) is 12.2. The van der Waals surface area contributed by atoms with Gasteiger partial charge in [0.2, 0.25) is 11.9 Å². The van der Waals surface area contributed by atoms with E-state index in [1.807, 2.05) is 13.8 Å². The maximum absolute atomic E-state index is 12.5. The molecule has 0 aromatic heterocycles. The monoisotopic (exact) mass is 657 g/mol. The van der Waals surface area contributed by atoms with Crippen LogP contribution in [0.2, 0.25) is 10.0 Å². The summed E-state index contributed by atoms with van der Waals surface area (Å²) < 4.78 is 63.0. The number of hydrogen-bond donors (Lipinski definition) is 3. The molecular weight excluding hydrogens is 629 g/mol. The molecule has 12 nitrogen and oxygen atoms in total. The van der Waals surface area contributed by atoms with Gasteiger partial charge in [-0.05, 0) is 80.9 Å². The van der Waals surface area contributed by atoms with Crippen molar-refractivity contribution in [3.63, 3.8) is 0 Å². The van der Waals surface area contributed by atoms with Crippen LogP contribution in [0.1, 0.15) is 26.3 Å². The predicted octanol–water partition coefficient (Wildman–Crippen LogP) is 4.42. The van der Waals surface area contributed by atoms with Crippen LogP contribution in [0.3, 0.4) is 0 Å². The molecule has 16 heteroatoms. The third-order valence-corrected chi connectivity index (χ3v) is 8.10. The summed E-state index contributed by atoms with van der Waals surface area (Å²) in [7, 11) is -7.66. The van der Waals surface area contributed by atoms with Crippen molar-refractivity contribution in [3.05, 3.63) is 82.3 Å². The van der Waals surface area contributed by atoms with Crippen LogP contribution < -0.4 is 25.3 Å². The molecule has 0 spiro atoms. The largest absolute Gasteiger partial charge is 0.487 e.